The van der Waals surface area contributed by atoms with Gasteiger partial charge >= 0.3 is 0 Å². The van der Waals surface area contributed by atoms with E-state index in [1.54, 1.807) is 26.0 Å². The van der Waals surface area contributed by atoms with Crippen molar-refractivity contribution in [2.45, 2.75) is 26.7 Å². The molecule has 0 aliphatic carbocycles. The molecule has 1 amide bonds. The van der Waals surface area contributed by atoms with Gasteiger partial charge in [-0.15, -0.1) is 12.4 Å². The number of halogens is 4. The third-order valence-electron chi connectivity index (χ3n) is 3.20. The molecule has 0 spiro atoms. The molecule has 3 nitrogen and oxygen atoms in total. The first-order valence-electron chi connectivity index (χ1n) is 5.83. The van der Waals surface area contributed by atoms with Gasteiger partial charge in [-0.1, -0.05) is 37.0 Å². The fourth-order valence-corrected chi connectivity index (χ4v) is 2.58. The number of anilines is 1. The summed E-state index contributed by atoms with van der Waals surface area (Å²) >= 11 is 17.3. The first-order valence-corrected chi connectivity index (χ1v) is 6.97. The zero-order chi connectivity index (χ0) is 14.6. The van der Waals surface area contributed by atoms with Crippen LogP contribution >= 0.6 is 47.2 Å². The summed E-state index contributed by atoms with van der Waals surface area (Å²) in [6.07, 6.45) is 0.645. The molecule has 0 aliphatic heterocycles. The Balaban J connectivity index is 0.00000361. The van der Waals surface area contributed by atoms with Gasteiger partial charge in [0, 0.05) is 5.02 Å². The molecule has 0 aromatic heterocycles. The van der Waals surface area contributed by atoms with Crippen LogP contribution in [0, 0.1) is 5.41 Å². The van der Waals surface area contributed by atoms with Gasteiger partial charge in [0.05, 0.1) is 10.7 Å². The van der Waals surface area contributed by atoms with E-state index in [1.807, 2.05) is 0 Å². The highest BCUT2D eigenvalue weighted by Crippen LogP contribution is 2.33. The van der Waals surface area contributed by atoms with Crippen molar-refractivity contribution in [1.82, 2.24) is 0 Å². The van der Waals surface area contributed by atoms with Crippen LogP contribution in [0.25, 0.3) is 0 Å². The summed E-state index contributed by atoms with van der Waals surface area (Å²) in [5, 5.41) is 2.74. The Labute approximate surface area is 139 Å². The zero-order valence-corrected chi connectivity index (χ0v) is 14.1. The van der Waals surface area contributed by atoms with Crippen molar-refractivity contribution >= 4 is 64.0 Å². The van der Waals surface area contributed by atoms with Gasteiger partial charge in [0.1, 0.15) is 5.41 Å². The lowest BCUT2D eigenvalue weighted by atomic mass is 9.82. The minimum absolute atomic E-state index is 0. The first kappa shape index (κ1) is 19.5. The normalized spacial score (nSPS) is 10.7. The highest BCUT2D eigenvalue weighted by molar-refractivity contribution is 6.66. The van der Waals surface area contributed by atoms with Crippen LogP contribution in [-0.4, -0.2) is 11.1 Å². The van der Waals surface area contributed by atoms with Crippen molar-refractivity contribution in [2.24, 2.45) is 5.41 Å². The molecule has 20 heavy (non-hydrogen) atoms. The summed E-state index contributed by atoms with van der Waals surface area (Å²) in [5.74, 6) is -0.457. The molecule has 0 saturated carbocycles. The Morgan fingerprint density at radius 1 is 1.20 bits per heavy atom. The van der Waals surface area contributed by atoms with E-state index in [9.17, 15) is 9.59 Å². The van der Waals surface area contributed by atoms with Crippen LogP contribution in [0.1, 0.15) is 26.7 Å². The molecule has 0 saturated heterocycles. The second-order valence-electron chi connectivity index (χ2n) is 4.14. The van der Waals surface area contributed by atoms with E-state index in [2.05, 4.69) is 5.32 Å². The number of carbonyl (C=O) groups excluding carboxylic acids is 2. The molecule has 112 valence electrons. The molecule has 1 aromatic rings. The average Bonchev–Trinajstić information content (AvgIpc) is 2.34. The molecule has 1 N–H and O–H groups in total. The summed E-state index contributed by atoms with van der Waals surface area (Å²) in [5.41, 5.74) is -0.829. The number of amides is 1. The molecule has 7 heteroatoms. The predicted molar refractivity (Wildman–Crippen MR) is 86.2 cm³/mol. The SMILES string of the molecule is CCC(CC)(C(=O)Cl)C(=O)Nc1ccc(Cl)cc1Cl.Cl. The summed E-state index contributed by atoms with van der Waals surface area (Å²) in [7, 11) is 0. The van der Waals surface area contributed by atoms with Gasteiger partial charge in [-0.2, -0.15) is 0 Å². The number of benzene rings is 1. The van der Waals surface area contributed by atoms with Gasteiger partial charge in [-0.25, -0.2) is 0 Å². The molecule has 1 aromatic carbocycles. The zero-order valence-electron chi connectivity index (χ0n) is 11.0. The van der Waals surface area contributed by atoms with Crippen LogP contribution < -0.4 is 5.32 Å². The molecular weight excluding hydrogens is 344 g/mol. The molecule has 0 aliphatic rings. The van der Waals surface area contributed by atoms with E-state index >= 15 is 0 Å². The van der Waals surface area contributed by atoms with Crippen LogP contribution in [0.3, 0.4) is 0 Å². The van der Waals surface area contributed by atoms with Gasteiger partial charge in [0.25, 0.3) is 0 Å². The molecular formula is C13H15Cl4NO2. The highest BCUT2D eigenvalue weighted by Gasteiger charge is 2.41. The predicted octanol–water partition coefficient (Wildman–Crippen LogP) is 4.93. The van der Waals surface area contributed by atoms with Crippen LogP contribution in [0.4, 0.5) is 5.69 Å². The second kappa shape index (κ2) is 8.08. The van der Waals surface area contributed by atoms with Crippen LogP contribution in [0.2, 0.25) is 10.0 Å². The van der Waals surface area contributed by atoms with E-state index in [0.717, 1.165) is 0 Å². The minimum atomic E-state index is -1.23. The summed E-state index contributed by atoms with van der Waals surface area (Å²) in [6.45, 7) is 3.49. The molecule has 0 fully saturated rings. The van der Waals surface area contributed by atoms with Crippen molar-refractivity contribution in [1.29, 1.82) is 0 Å². The van der Waals surface area contributed by atoms with E-state index in [-0.39, 0.29) is 12.4 Å². The largest absolute Gasteiger partial charge is 0.324 e. The van der Waals surface area contributed by atoms with Gasteiger partial charge in [0.15, 0.2) is 0 Å². The average molecular weight is 359 g/mol. The molecule has 0 radical (unpaired) electrons. The standard InChI is InChI=1S/C13H14Cl3NO2.ClH/c1-3-13(4-2,11(16)18)12(19)17-10-6-5-8(14)7-9(10)15;/h5-7H,3-4H2,1-2H3,(H,17,19);1H. The Hall–Kier alpha value is -0.480. The Bertz CT molecular complexity index is 501. The quantitative estimate of drug-likeness (QED) is 0.599. The summed E-state index contributed by atoms with van der Waals surface area (Å²) in [4.78, 5) is 23.8. The summed E-state index contributed by atoms with van der Waals surface area (Å²) in [6, 6.07) is 4.70. The maximum absolute atomic E-state index is 12.3. The third kappa shape index (κ3) is 4.01. The van der Waals surface area contributed by atoms with Crippen LogP contribution in [0.5, 0.6) is 0 Å². The maximum Gasteiger partial charge on any atom is 0.239 e. The van der Waals surface area contributed by atoms with Crippen molar-refractivity contribution in [3.8, 4) is 0 Å². The van der Waals surface area contributed by atoms with Gasteiger partial charge in [0.2, 0.25) is 11.1 Å². The molecule has 0 bridgehead atoms. The van der Waals surface area contributed by atoms with Crippen molar-refractivity contribution in [3.63, 3.8) is 0 Å². The Morgan fingerprint density at radius 3 is 2.15 bits per heavy atom. The second-order valence-corrected chi connectivity index (χ2v) is 5.33. The number of rotatable bonds is 5. The molecule has 0 heterocycles. The van der Waals surface area contributed by atoms with E-state index in [1.165, 1.54) is 6.07 Å². The number of carbonyl (C=O) groups is 2. The third-order valence-corrected chi connectivity index (χ3v) is 4.11. The van der Waals surface area contributed by atoms with Gasteiger partial charge in [-0.3, -0.25) is 9.59 Å². The lowest BCUT2D eigenvalue weighted by Gasteiger charge is -2.26. The van der Waals surface area contributed by atoms with E-state index in [0.29, 0.717) is 28.6 Å². The van der Waals surface area contributed by atoms with Crippen molar-refractivity contribution in [3.05, 3.63) is 28.2 Å². The highest BCUT2D eigenvalue weighted by atomic mass is 35.5. The molecule has 0 unspecified atom stereocenters. The van der Waals surface area contributed by atoms with E-state index in [4.69, 9.17) is 34.8 Å². The lowest BCUT2D eigenvalue weighted by Crippen LogP contribution is -2.40. The van der Waals surface area contributed by atoms with Crippen molar-refractivity contribution < 1.29 is 9.59 Å². The fraction of sp³-hybridized carbons (Fsp3) is 0.385. The van der Waals surface area contributed by atoms with Gasteiger partial charge < -0.3 is 5.32 Å². The minimum Gasteiger partial charge on any atom is -0.324 e. The number of hydrogen-bond donors (Lipinski definition) is 1. The van der Waals surface area contributed by atoms with Gasteiger partial charge in [-0.05, 0) is 42.6 Å². The van der Waals surface area contributed by atoms with Crippen LogP contribution in [0.15, 0.2) is 18.2 Å². The summed E-state index contributed by atoms with van der Waals surface area (Å²) < 4.78 is 0. The Kier molecular flexibility index (Phi) is 7.89. The van der Waals surface area contributed by atoms with Crippen molar-refractivity contribution in [2.75, 3.05) is 5.32 Å². The smallest absolute Gasteiger partial charge is 0.239 e. The maximum atomic E-state index is 12.3. The van der Waals surface area contributed by atoms with E-state index < -0.39 is 16.6 Å². The number of hydrogen-bond acceptors (Lipinski definition) is 2. The lowest BCUT2D eigenvalue weighted by molar-refractivity contribution is -0.134. The topological polar surface area (TPSA) is 46.2 Å². The van der Waals surface area contributed by atoms with Crippen LogP contribution in [-0.2, 0) is 9.59 Å². The monoisotopic (exact) mass is 357 g/mol. The Morgan fingerprint density at radius 2 is 1.75 bits per heavy atom. The first-order chi connectivity index (χ1) is 8.87. The molecule has 1 rings (SSSR count). The number of nitrogens with one attached hydrogen (secondary N) is 1. The molecule has 0 atom stereocenters. The fourth-order valence-electron chi connectivity index (χ4n) is 1.77.